The number of hydrogen-bond acceptors (Lipinski definition) is 3. The summed E-state index contributed by atoms with van der Waals surface area (Å²) in [6, 6.07) is 5.71. The highest BCUT2D eigenvalue weighted by atomic mass is 35.5. The number of halogens is 1. The molecule has 0 bridgehead atoms. The second kappa shape index (κ2) is 6.55. The molecule has 1 aliphatic rings. The van der Waals surface area contributed by atoms with Gasteiger partial charge in [-0.15, -0.1) is 0 Å². The van der Waals surface area contributed by atoms with Crippen molar-refractivity contribution in [2.24, 2.45) is 5.73 Å². The fourth-order valence-corrected chi connectivity index (χ4v) is 2.97. The Kier molecular flexibility index (Phi) is 5.02. The molecule has 19 heavy (non-hydrogen) atoms. The molecule has 5 heteroatoms. The van der Waals surface area contributed by atoms with Gasteiger partial charge in [0, 0.05) is 25.9 Å². The van der Waals surface area contributed by atoms with Crippen LogP contribution in [0.15, 0.2) is 18.2 Å². The van der Waals surface area contributed by atoms with Crippen molar-refractivity contribution in [1.29, 1.82) is 0 Å². The molecule has 1 atom stereocenters. The third-order valence-electron chi connectivity index (χ3n) is 3.40. The van der Waals surface area contributed by atoms with Gasteiger partial charge in [-0.3, -0.25) is 0 Å². The molecule has 0 saturated carbocycles. The molecule has 1 heterocycles. The molecular weight excluding hydrogens is 280 g/mol. The van der Waals surface area contributed by atoms with Crippen molar-refractivity contribution in [2.45, 2.75) is 25.4 Å². The summed E-state index contributed by atoms with van der Waals surface area (Å²) >= 11 is 11.3. The molecule has 2 rings (SSSR count). The summed E-state index contributed by atoms with van der Waals surface area (Å²) < 4.78 is 5.76. The molecule has 1 aromatic rings. The van der Waals surface area contributed by atoms with E-state index in [1.54, 1.807) is 0 Å². The fourth-order valence-electron chi connectivity index (χ4n) is 2.43. The molecule has 3 nitrogen and oxygen atoms in total. The average Bonchev–Trinajstić information content (AvgIpc) is 2.39. The summed E-state index contributed by atoms with van der Waals surface area (Å²) in [5.74, 6) is 0. The van der Waals surface area contributed by atoms with E-state index >= 15 is 0 Å². The van der Waals surface area contributed by atoms with Crippen molar-refractivity contribution in [2.75, 3.05) is 25.1 Å². The monoisotopic (exact) mass is 298 g/mol. The maximum atomic E-state index is 6.19. The van der Waals surface area contributed by atoms with Crippen LogP contribution < -0.4 is 10.6 Å². The predicted molar refractivity (Wildman–Crippen MR) is 84.2 cm³/mol. The van der Waals surface area contributed by atoms with Gasteiger partial charge in [0.1, 0.15) is 4.99 Å². The standard InChI is InChI=1S/C14H19ClN2OS/c1-17(9-10-5-2-3-8-18-10)12-7-4-6-11(15)13(12)14(16)19/h4,6-7,10H,2-3,5,8-9H2,1H3,(H2,16,19). The lowest BCUT2D eigenvalue weighted by Gasteiger charge is -2.30. The molecule has 1 aromatic carbocycles. The predicted octanol–water partition coefficient (Wildman–Crippen LogP) is 2.98. The molecular formula is C14H19ClN2OS. The minimum Gasteiger partial charge on any atom is -0.389 e. The first-order valence-corrected chi connectivity index (χ1v) is 7.29. The summed E-state index contributed by atoms with van der Waals surface area (Å²) in [5, 5.41) is 0.599. The Labute approximate surface area is 124 Å². The van der Waals surface area contributed by atoms with Crippen LogP contribution in [0.4, 0.5) is 5.69 Å². The van der Waals surface area contributed by atoms with Crippen LogP contribution in [-0.4, -0.2) is 31.3 Å². The van der Waals surface area contributed by atoms with Gasteiger partial charge in [-0.05, 0) is 31.4 Å². The number of hydrogen-bond donors (Lipinski definition) is 1. The second-order valence-electron chi connectivity index (χ2n) is 4.87. The normalized spacial score (nSPS) is 19.2. The van der Waals surface area contributed by atoms with Crippen LogP contribution in [0.2, 0.25) is 5.02 Å². The first-order chi connectivity index (χ1) is 9.09. The Morgan fingerprint density at radius 2 is 2.32 bits per heavy atom. The number of thiocarbonyl (C=S) groups is 1. The van der Waals surface area contributed by atoms with E-state index in [4.69, 9.17) is 34.3 Å². The SMILES string of the molecule is CN(CC1CCCCO1)c1cccc(Cl)c1C(N)=S. The quantitative estimate of drug-likeness (QED) is 0.867. The zero-order valence-electron chi connectivity index (χ0n) is 11.1. The van der Waals surface area contributed by atoms with Gasteiger partial charge in [0.2, 0.25) is 0 Å². The summed E-state index contributed by atoms with van der Waals surface area (Å²) in [5.41, 5.74) is 7.49. The molecule has 1 unspecified atom stereocenters. The highest BCUT2D eigenvalue weighted by molar-refractivity contribution is 7.80. The summed E-state index contributed by atoms with van der Waals surface area (Å²) in [6.07, 6.45) is 3.77. The Bertz CT molecular complexity index is 461. The van der Waals surface area contributed by atoms with Crippen molar-refractivity contribution in [3.05, 3.63) is 28.8 Å². The second-order valence-corrected chi connectivity index (χ2v) is 5.71. The number of anilines is 1. The third kappa shape index (κ3) is 3.59. The number of likely N-dealkylation sites (N-methyl/N-ethyl adjacent to an activating group) is 1. The summed E-state index contributed by atoms with van der Waals surface area (Å²) in [4.78, 5) is 2.45. The molecule has 104 valence electrons. The van der Waals surface area contributed by atoms with Crippen LogP contribution in [0.3, 0.4) is 0 Å². The van der Waals surface area contributed by atoms with Crippen LogP contribution in [0.5, 0.6) is 0 Å². The topological polar surface area (TPSA) is 38.5 Å². The molecule has 1 saturated heterocycles. The first kappa shape index (κ1) is 14.6. The summed E-state index contributed by atoms with van der Waals surface area (Å²) in [7, 11) is 2.02. The first-order valence-electron chi connectivity index (χ1n) is 6.50. The van der Waals surface area contributed by atoms with E-state index in [1.807, 2.05) is 25.2 Å². The molecule has 0 aliphatic carbocycles. The van der Waals surface area contributed by atoms with Gasteiger partial charge >= 0.3 is 0 Å². The Balaban J connectivity index is 2.16. The van der Waals surface area contributed by atoms with E-state index in [2.05, 4.69) is 4.90 Å². The molecule has 0 spiro atoms. The minimum absolute atomic E-state index is 0.275. The molecule has 0 radical (unpaired) electrons. The van der Waals surface area contributed by atoms with Crippen molar-refractivity contribution in [3.8, 4) is 0 Å². The maximum Gasteiger partial charge on any atom is 0.107 e. The van der Waals surface area contributed by atoms with E-state index in [0.717, 1.165) is 37.2 Å². The van der Waals surface area contributed by atoms with Crippen LogP contribution in [0.1, 0.15) is 24.8 Å². The van der Waals surface area contributed by atoms with Crippen molar-refractivity contribution >= 4 is 34.5 Å². The maximum absolute atomic E-state index is 6.19. The average molecular weight is 299 g/mol. The van der Waals surface area contributed by atoms with Gasteiger partial charge in [-0.2, -0.15) is 0 Å². The zero-order valence-corrected chi connectivity index (χ0v) is 12.6. The van der Waals surface area contributed by atoms with Crippen LogP contribution in [-0.2, 0) is 4.74 Å². The van der Waals surface area contributed by atoms with Gasteiger partial charge in [-0.1, -0.05) is 29.9 Å². The van der Waals surface area contributed by atoms with E-state index in [9.17, 15) is 0 Å². The number of ether oxygens (including phenoxy) is 1. The van der Waals surface area contributed by atoms with Gasteiger partial charge in [0.15, 0.2) is 0 Å². The van der Waals surface area contributed by atoms with E-state index in [1.165, 1.54) is 6.42 Å². The lowest BCUT2D eigenvalue weighted by atomic mass is 10.1. The minimum atomic E-state index is 0.275. The molecule has 0 amide bonds. The molecule has 2 N–H and O–H groups in total. The van der Waals surface area contributed by atoms with Gasteiger partial charge in [0.25, 0.3) is 0 Å². The van der Waals surface area contributed by atoms with Crippen molar-refractivity contribution < 1.29 is 4.74 Å². The highest BCUT2D eigenvalue weighted by Crippen LogP contribution is 2.27. The van der Waals surface area contributed by atoms with E-state index in [-0.39, 0.29) is 6.10 Å². The fraction of sp³-hybridized carbons (Fsp3) is 0.500. The number of benzene rings is 1. The largest absolute Gasteiger partial charge is 0.389 e. The Morgan fingerprint density at radius 1 is 1.53 bits per heavy atom. The van der Waals surface area contributed by atoms with Crippen LogP contribution >= 0.6 is 23.8 Å². The van der Waals surface area contributed by atoms with Crippen LogP contribution in [0, 0.1) is 0 Å². The molecule has 1 aliphatic heterocycles. The van der Waals surface area contributed by atoms with E-state index in [0.29, 0.717) is 10.0 Å². The molecule has 1 fully saturated rings. The smallest absolute Gasteiger partial charge is 0.107 e. The zero-order chi connectivity index (χ0) is 13.8. The summed E-state index contributed by atoms with van der Waals surface area (Å²) in [6.45, 7) is 1.69. The Hall–Kier alpha value is -0.840. The number of nitrogens with zero attached hydrogens (tertiary/aromatic N) is 1. The van der Waals surface area contributed by atoms with Crippen molar-refractivity contribution in [1.82, 2.24) is 0 Å². The van der Waals surface area contributed by atoms with Gasteiger partial charge < -0.3 is 15.4 Å². The van der Waals surface area contributed by atoms with Gasteiger partial charge in [-0.25, -0.2) is 0 Å². The Morgan fingerprint density at radius 3 is 2.95 bits per heavy atom. The number of rotatable bonds is 4. The highest BCUT2D eigenvalue weighted by Gasteiger charge is 2.19. The van der Waals surface area contributed by atoms with Crippen LogP contribution in [0.25, 0.3) is 0 Å². The lowest BCUT2D eigenvalue weighted by molar-refractivity contribution is 0.0216. The third-order valence-corrected chi connectivity index (χ3v) is 3.92. The number of nitrogens with two attached hydrogens (primary N) is 1. The lowest BCUT2D eigenvalue weighted by Crippen LogP contribution is -2.34. The van der Waals surface area contributed by atoms with Gasteiger partial charge in [0.05, 0.1) is 16.7 Å². The van der Waals surface area contributed by atoms with Crippen molar-refractivity contribution in [3.63, 3.8) is 0 Å². The molecule has 0 aromatic heterocycles. The van der Waals surface area contributed by atoms with E-state index < -0.39 is 0 Å².